The maximum absolute atomic E-state index is 2.63. The molecule has 0 radical (unpaired) electrons. The molecule has 1 saturated heterocycles. The molecule has 3 aromatic carbocycles. The second kappa shape index (κ2) is 9.21. The smallest absolute Gasteiger partial charge is 0.0330 e. The predicted molar refractivity (Wildman–Crippen MR) is 126 cm³/mol. The molecular formula is C25H27IN2. The molecule has 0 aromatic heterocycles. The summed E-state index contributed by atoms with van der Waals surface area (Å²) in [4.78, 5) is 5.18. The van der Waals surface area contributed by atoms with Crippen LogP contribution in [0.25, 0.3) is 0 Å². The highest BCUT2D eigenvalue weighted by atomic mass is 127. The van der Waals surface area contributed by atoms with Crippen molar-refractivity contribution in [3.05, 3.63) is 105 Å². The highest BCUT2D eigenvalue weighted by molar-refractivity contribution is 14.1. The first kappa shape index (κ1) is 19.6. The van der Waals surface area contributed by atoms with Crippen molar-refractivity contribution >= 4 is 22.6 Å². The Morgan fingerprint density at radius 3 is 2.00 bits per heavy atom. The number of nitrogens with zero attached hydrogens (tertiary/aromatic N) is 2. The normalized spacial score (nSPS) is 18.5. The number of hydrogen-bond donors (Lipinski definition) is 0. The van der Waals surface area contributed by atoms with Gasteiger partial charge in [-0.1, -0.05) is 78.9 Å². The number of rotatable bonds is 5. The average molecular weight is 482 g/mol. The summed E-state index contributed by atoms with van der Waals surface area (Å²) >= 11 is 2.46. The molecule has 28 heavy (non-hydrogen) atoms. The minimum absolute atomic E-state index is 0.380. The summed E-state index contributed by atoms with van der Waals surface area (Å²) in [6.07, 6.45) is 0. The minimum Gasteiger partial charge on any atom is -0.300 e. The third-order valence-corrected chi connectivity index (χ3v) is 6.89. The van der Waals surface area contributed by atoms with E-state index in [1.165, 1.54) is 20.3 Å². The van der Waals surface area contributed by atoms with E-state index in [0.29, 0.717) is 12.0 Å². The van der Waals surface area contributed by atoms with Crippen LogP contribution < -0.4 is 0 Å². The molecular weight excluding hydrogens is 455 g/mol. The van der Waals surface area contributed by atoms with Gasteiger partial charge in [-0.15, -0.1) is 0 Å². The first-order valence-corrected chi connectivity index (χ1v) is 11.1. The van der Waals surface area contributed by atoms with Crippen molar-refractivity contribution in [3.63, 3.8) is 0 Å². The summed E-state index contributed by atoms with van der Waals surface area (Å²) in [5.41, 5.74) is 4.24. The van der Waals surface area contributed by atoms with E-state index in [2.05, 4.69) is 124 Å². The molecule has 1 atom stereocenters. The van der Waals surface area contributed by atoms with Crippen LogP contribution in [0.2, 0.25) is 0 Å². The molecule has 2 nitrogen and oxygen atoms in total. The van der Waals surface area contributed by atoms with Gasteiger partial charge in [-0.05, 0) is 52.4 Å². The lowest BCUT2D eigenvalue weighted by atomic mass is 9.83. The summed E-state index contributed by atoms with van der Waals surface area (Å²) in [5.74, 6) is 0.380. The van der Waals surface area contributed by atoms with Crippen molar-refractivity contribution in [3.8, 4) is 0 Å². The lowest BCUT2D eigenvalue weighted by molar-refractivity contribution is 0.0814. The Labute approximate surface area is 182 Å². The number of hydrogen-bond acceptors (Lipinski definition) is 2. The second-order valence-electron chi connectivity index (χ2n) is 7.67. The van der Waals surface area contributed by atoms with Crippen molar-refractivity contribution in [2.75, 3.05) is 26.7 Å². The molecule has 1 unspecified atom stereocenters. The zero-order chi connectivity index (χ0) is 19.3. The molecule has 0 saturated carbocycles. The van der Waals surface area contributed by atoms with Gasteiger partial charge in [0.25, 0.3) is 0 Å². The van der Waals surface area contributed by atoms with E-state index in [1.54, 1.807) is 0 Å². The summed E-state index contributed by atoms with van der Waals surface area (Å²) in [6.45, 7) is 4.33. The number of piperazine rings is 1. The largest absolute Gasteiger partial charge is 0.300 e. The van der Waals surface area contributed by atoms with Gasteiger partial charge in [0.1, 0.15) is 0 Å². The maximum atomic E-state index is 2.63. The summed E-state index contributed by atoms with van der Waals surface area (Å²) in [7, 11) is 2.28. The topological polar surface area (TPSA) is 6.48 Å². The fourth-order valence-electron chi connectivity index (χ4n) is 4.29. The van der Waals surface area contributed by atoms with Crippen LogP contribution in [0, 0.1) is 3.57 Å². The van der Waals surface area contributed by atoms with Gasteiger partial charge in [-0.25, -0.2) is 0 Å². The predicted octanol–water partition coefficient (Wildman–Crippen LogP) is 5.24. The molecule has 3 heteroatoms. The Bertz CT molecular complexity index is 842. The van der Waals surface area contributed by atoms with Crippen LogP contribution in [0.4, 0.5) is 0 Å². The Morgan fingerprint density at radius 2 is 1.39 bits per heavy atom. The van der Waals surface area contributed by atoms with Crippen molar-refractivity contribution in [1.29, 1.82) is 0 Å². The number of benzene rings is 3. The van der Waals surface area contributed by atoms with Gasteiger partial charge in [-0.3, -0.25) is 9.80 Å². The van der Waals surface area contributed by atoms with Crippen molar-refractivity contribution < 1.29 is 0 Å². The molecule has 1 aliphatic rings. The van der Waals surface area contributed by atoms with Crippen LogP contribution in [0.5, 0.6) is 0 Å². The molecule has 0 N–H and O–H groups in total. The third kappa shape index (κ3) is 4.48. The van der Waals surface area contributed by atoms with Gasteiger partial charge < -0.3 is 0 Å². The van der Waals surface area contributed by atoms with Crippen molar-refractivity contribution in [2.24, 2.45) is 0 Å². The minimum atomic E-state index is 0.380. The van der Waals surface area contributed by atoms with Crippen LogP contribution in [0.3, 0.4) is 0 Å². The quantitative estimate of drug-likeness (QED) is 0.459. The van der Waals surface area contributed by atoms with E-state index >= 15 is 0 Å². The van der Waals surface area contributed by atoms with E-state index in [4.69, 9.17) is 0 Å². The zero-order valence-electron chi connectivity index (χ0n) is 16.3. The summed E-state index contributed by atoms with van der Waals surface area (Å²) in [5, 5.41) is 0. The molecule has 4 rings (SSSR count). The van der Waals surface area contributed by atoms with E-state index < -0.39 is 0 Å². The summed E-state index contributed by atoms with van der Waals surface area (Å²) < 4.78 is 1.36. The first-order valence-electron chi connectivity index (χ1n) is 9.98. The molecule has 3 aromatic rings. The fourth-order valence-corrected chi connectivity index (χ4v) is 4.85. The highest BCUT2D eigenvalue weighted by Gasteiger charge is 2.33. The van der Waals surface area contributed by atoms with Gasteiger partial charge in [0.2, 0.25) is 0 Å². The molecule has 1 fully saturated rings. The van der Waals surface area contributed by atoms with E-state index in [-0.39, 0.29) is 0 Å². The van der Waals surface area contributed by atoms with E-state index in [9.17, 15) is 0 Å². The van der Waals surface area contributed by atoms with Gasteiger partial charge in [0.15, 0.2) is 0 Å². The maximum Gasteiger partial charge on any atom is 0.0330 e. The molecule has 0 bridgehead atoms. The highest BCUT2D eigenvalue weighted by Crippen LogP contribution is 2.32. The van der Waals surface area contributed by atoms with Crippen molar-refractivity contribution in [1.82, 2.24) is 9.80 Å². The van der Waals surface area contributed by atoms with Crippen LogP contribution in [0.15, 0.2) is 84.9 Å². The summed E-state index contributed by atoms with van der Waals surface area (Å²) in [6, 6.07) is 31.2. The Hall–Kier alpha value is -1.69. The van der Waals surface area contributed by atoms with Gasteiger partial charge >= 0.3 is 0 Å². The fraction of sp³-hybridized carbons (Fsp3) is 0.280. The second-order valence-corrected chi connectivity index (χ2v) is 8.84. The first-order chi connectivity index (χ1) is 13.7. The molecule has 1 heterocycles. The average Bonchev–Trinajstić information content (AvgIpc) is 2.74. The molecule has 0 spiro atoms. The Kier molecular flexibility index (Phi) is 6.45. The standard InChI is InChI=1S/C25H27IN2/c1-27-16-17-28(18-22-14-8-9-15-23(22)26)19-24(27)25(20-10-4-2-5-11-20)21-12-6-3-7-13-21/h2-15,24-25H,16-19H2,1H3. The van der Waals surface area contributed by atoms with Crippen LogP contribution in [-0.2, 0) is 6.54 Å². The number of likely N-dealkylation sites (N-methyl/N-ethyl adjacent to an activating group) is 1. The van der Waals surface area contributed by atoms with Crippen LogP contribution in [0.1, 0.15) is 22.6 Å². The third-order valence-electron chi connectivity index (χ3n) is 5.83. The Balaban J connectivity index is 1.62. The molecule has 0 amide bonds. The molecule has 1 aliphatic heterocycles. The van der Waals surface area contributed by atoms with Gasteiger partial charge in [0.05, 0.1) is 0 Å². The molecule has 0 aliphatic carbocycles. The lowest BCUT2D eigenvalue weighted by Gasteiger charge is -2.43. The van der Waals surface area contributed by atoms with Crippen LogP contribution in [-0.4, -0.2) is 42.5 Å². The SMILES string of the molecule is CN1CCN(Cc2ccccc2I)CC1C(c1ccccc1)c1ccccc1. The Morgan fingerprint density at radius 1 is 0.821 bits per heavy atom. The van der Waals surface area contributed by atoms with E-state index in [0.717, 1.165) is 26.2 Å². The van der Waals surface area contributed by atoms with Gasteiger partial charge in [0, 0.05) is 41.7 Å². The van der Waals surface area contributed by atoms with E-state index in [1.807, 2.05) is 0 Å². The lowest BCUT2D eigenvalue weighted by Crippen LogP contribution is -2.53. The van der Waals surface area contributed by atoms with Crippen molar-refractivity contribution in [2.45, 2.75) is 18.5 Å². The number of halogens is 1. The molecule has 144 valence electrons. The monoisotopic (exact) mass is 482 g/mol. The van der Waals surface area contributed by atoms with Gasteiger partial charge in [-0.2, -0.15) is 0 Å². The zero-order valence-corrected chi connectivity index (χ0v) is 18.5. The van der Waals surface area contributed by atoms with Crippen LogP contribution >= 0.6 is 22.6 Å².